The van der Waals surface area contributed by atoms with Crippen molar-refractivity contribution in [1.29, 1.82) is 5.26 Å². The summed E-state index contributed by atoms with van der Waals surface area (Å²) >= 11 is 0. The van der Waals surface area contributed by atoms with Crippen LogP contribution in [0.1, 0.15) is 6.92 Å². The fraction of sp³-hybridized carbons (Fsp3) is 0.385. The smallest absolute Gasteiger partial charge is 0.322 e. The summed E-state index contributed by atoms with van der Waals surface area (Å²) in [5.74, 6) is -0.229. The maximum Gasteiger partial charge on any atom is 0.322 e. The van der Waals surface area contributed by atoms with Gasteiger partial charge in [0.1, 0.15) is 12.6 Å². The lowest BCUT2D eigenvalue weighted by Crippen LogP contribution is -2.32. The second-order valence-corrected chi connectivity index (χ2v) is 5.87. The number of hydrogen-bond donors (Lipinski definition) is 1. The predicted octanol–water partition coefficient (Wildman–Crippen LogP) is 0.437. The molecule has 0 heterocycles. The molecule has 0 bridgehead atoms. The maximum atomic E-state index is 12.1. The SMILES string of the molecule is COc1ccc(S(=O)(=O)NCC(=O)O[C@H](C)C#N)cc1OC. The van der Waals surface area contributed by atoms with Gasteiger partial charge in [0.15, 0.2) is 17.6 Å². The predicted molar refractivity (Wildman–Crippen MR) is 75.9 cm³/mol. The number of sulfonamides is 1. The molecule has 0 saturated heterocycles. The summed E-state index contributed by atoms with van der Waals surface area (Å²) in [5.41, 5.74) is 0. The third-order valence-corrected chi connectivity index (χ3v) is 3.96. The maximum absolute atomic E-state index is 12.1. The highest BCUT2D eigenvalue weighted by atomic mass is 32.2. The first-order chi connectivity index (χ1) is 10.3. The minimum absolute atomic E-state index is 0.0914. The molecule has 0 aromatic heterocycles. The van der Waals surface area contributed by atoms with Crippen molar-refractivity contribution < 1.29 is 27.4 Å². The molecule has 0 aliphatic heterocycles. The van der Waals surface area contributed by atoms with Crippen LogP contribution in [0, 0.1) is 11.3 Å². The number of esters is 1. The van der Waals surface area contributed by atoms with Crippen LogP contribution in [0.5, 0.6) is 11.5 Å². The molecule has 0 unspecified atom stereocenters. The number of benzene rings is 1. The molecule has 0 fully saturated rings. The van der Waals surface area contributed by atoms with Crippen molar-refractivity contribution >= 4 is 16.0 Å². The highest BCUT2D eigenvalue weighted by molar-refractivity contribution is 7.89. The zero-order chi connectivity index (χ0) is 16.8. The van der Waals surface area contributed by atoms with Crippen LogP contribution < -0.4 is 14.2 Å². The Kier molecular flexibility index (Phi) is 6.15. The molecule has 0 saturated carbocycles. The highest BCUT2D eigenvalue weighted by Crippen LogP contribution is 2.29. The van der Waals surface area contributed by atoms with E-state index in [2.05, 4.69) is 9.46 Å². The van der Waals surface area contributed by atoms with Crippen LogP contribution in [0.15, 0.2) is 23.1 Å². The number of nitriles is 1. The summed E-state index contributed by atoms with van der Waals surface area (Å²) in [6, 6.07) is 5.72. The van der Waals surface area contributed by atoms with Gasteiger partial charge in [0.05, 0.1) is 19.1 Å². The Morgan fingerprint density at radius 1 is 1.32 bits per heavy atom. The Bertz CT molecular complexity index is 680. The molecule has 1 rings (SSSR count). The van der Waals surface area contributed by atoms with Gasteiger partial charge in [0.2, 0.25) is 10.0 Å². The van der Waals surface area contributed by atoms with E-state index in [0.717, 1.165) is 0 Å². The quantitative estimate of drug-likeness (QED) is 0.722. The molecular weight excluding hydrogens is 312 g/mol. The third-order valence-electron chi connectivity index (χ3n) is 2.56. The van der Waals surface area contributed by atoms with Crippen molar-refractivity contribution in [2.75, 3.05) is 20.8 Å². The molecule has 1 aromatic rings. The van der Waals surface area contributed by atoms with E-state index in [1.165, 1.54) is 39.3 Å². The van der Waals surface area contributed by atoms with E-state index >= 15 is 0 Å². The largest absolute Gasteiger partial charge is 0.493 e. The molecular formula is C13H16N2O6S. The van der Waals surface area contributed by atoms with Crippen LogP contribution in [0.4, 0.5) is 0 Å². The van der Waals surface area contributed by atoms with E-state index in [-0.39, 0.29) is 10.6 Å². The molecule has 0 amide bonds. The first-order valence-electron chi connectivity index (χ1n) is 6.15. The topological polar surface area (TPSA) is 115 Å². The number of rotatable bonds is 7. The summed E-state index contributed by atoms with van der Waals surface area (Å²) in [5, 5.41) is 8.51. The number of carbonyl (C=O) groups excluding carboxylic acids is 1. The van der Waals surface area contributed by atoms with E-state index in [1.807, 2.05) is 0 Å². The van der Waals surface area contributed by atoms with Crippen LogP contribution >= 0.6 is 0 Å². The van der Waals surface area contributed by atoms with E-state index in [9.17, 15) is 13.2 Å². The van der Waals surface area contributed by atoms with Crippen LogP contribution in [0.2, 0.25) is 0 Å². The lowest BCUT2D eigenvalue weighted by atomic mass is 10.3. The van der Waals surface area contributed by atoms with Crippen LogP contribution in [0.3, 0.4) is 0 Å². The molecule has 9 heteroatoms. The van der Waals surface area contributed by atoms with Gasteiger partial charge in [-0.3, -0.25) is 4.79 Å². The Balaban J connectivity index is 2.83. The van der Waals surface area contributed by atoms with E-state index < -0.39 is 28.6 Å². The molecule has 1 aromatic carbocycles. The lowest BCUT2D eigenvalue weighted by molar-refractivity contribution is -0.144. The van der Waals surface area contributed by atoms with Gasteiger partial charge in [0, 0.05) is 6.07 Å². The summed E-state index contributed by atoms with van der Waals surface area (Å²) in [6.45, 7) is 0.795. The van der Waals surface area contributed by atoms with Crippen LogP contribution in [-0.2, 0) is 19.6 Å². The molecule has 0 aliphatic carbocycles. The zero-order valence-corrected chi connectivity index (χ0v) is 13.1. The average Bonchev–Trinajstić information content (AvgIpc) is 2.52. The van der Waals surface area contributed by atoms with Gasteiger partial charge in [-0.1, -0.05) is 0 Å². The Morgan fingerprint density at radius 2 is 1.95 bits per heavy atom. The number of ether oxygens (including phenoxy) is 3. The van der Waals surface area contributed by atoms with Crippen molar-refractivity contribution in [2.24, 2.45) is 0 Å². The molecule has 1 N–H and O–H groups in total. The van der Waals surface area contributed by atoms with Crippen LogP contribution in [0.25, 0.3) is 0 Å². The van der Waals surface area contributed by atoms with E-state index in [1.54, 1.807) is 6.07 Å². The van der Waals surface area contributed by atoms with Crippen molar-refractivity contribution in [3.8, 4) is 17.6 Å². The summed E-state index contributed by atoms with van der Waals surface area (Å²) < 4.78 is 40.9. The first-order valence-corrected chi connectivity index (χ1v) is 7.63. The normalized spacial score (nSPS) is 12.1. The Labute approximate surface area is 128 Å². The van der Waals surface area contributed by atoms with Gasteiger partial charge in [-0.25, -0.2) is 8.42 Å². The van der Waals surface area contributed by atoms with Gasteiger partial charge in [-0.05, 0) is 19.1 Å². The molecule has 1 atom stereocenters. The van der Waals surface area contributed by atoms with Gasteiger partial charge in [-0.15, -0.1) is 0 Å². The van der Waals surface area contributed by atoms with Gasteiger partial charge >= 0.3 is 5.97 Å². The van der Waals surface area contributed by atoms with Crippen molar-refractivity contribution in [3.63, 3.8) is 0 Å². The van der Waals surface area contributed by atoms with Gasteiger partial charge < -0.3 is 14.2 Å². The van der Waals surface area contributed by atoms with E-state index in [0.29, 0.717) is 5.75 Å². The Hall–Kier alpha value is -2.31. The first kappa shape index (κ1) is 17.7. The molecule has 22 heavy (non-hydrogen) atoms. The van der Waals surface area contributed by atoms with Crippen molar-refractivity contribution in [1.82, 2.24) is 4.72 Å². The average molecular weight is 328 g/mol. The highest BCUT2D eigenvalue weighted by Gasteiger charge is 2.19. The molecule has 0 spiro atoms. The van der Waals surface area contributed by atoms with Crippen LogP contribution in [-0.4, -0.2) is 41.3 Å². The van der Waals surface area contributed by atoms with Crippen molar-refractivity contribution in [3.05, 3.63) is 18.2 Å². The number of nitrogens with one attached hydrogen (secondary N) is 1. The summed E-state index contributed by atoms with van der Waals surface area (Å²) in [7, 11) is -1.12. The minimum atomic E-state index is -3.92. The lowest BCUT2D eigenvalue weighted by Gasteiger charge is -2.11. The van der Waals surface area contributed by atoms with Gasteiger partial charge in [0.25, 0.3) is 0 Å². The number of methoxy groups -OCH3 is 2. The standard InChI is InChI=1S/C13H16N2O6S/c1-9(7-14)21-13(16)8-15-22(17,18)10-4-5-11(19-2)12(6-10)20-3/h4-6,9,15H,8H2,1-3H3/t9-/m1/s1. The molecule has 120 valence electrons. The Morgan fingerprint density at radius 3 is 2.50 bits per heavy atom. The van der Waals surface area contributed by atoms with Gasteiger partial charge in [-0.2, -0.15) is 9.98 Å². The fourth-order valence-corrected chi connectivity index (χ4v) is 2.47. The second-order valence-electron chi connectivity index (χ2n) is 4.10. The molecule has 8 nitrogen and oxygen atoms in total. The monoisotopic (exact) mass is 328 g/mol. The zero-order valence-electron chi connectivity index (χ0n) is 12.3. The number of nitrogens with zero attached hydrogens (tertiary/aromatic N) is 1. The molecule has 0 aliphatic rings. The van der Waals surface area contributed by atoms with Crippen molar-refractivity contribution in [2.45, 2.75) is 17.9 Å². The number of carbonyl (C=O) groups is 1. The summed E-state index contributed by atoms with van der Waals surface area (Å²) in [6.07, 6.45) is -0.946. The third kappa shape index (κ3) is 4.61. The number of hydrogen-bond acceptors (Lipinski definition) is 7. The minimum Gasteiger partial charge on any atom is -0.493 e. The fourth-order valence-electron chi connectivity index (χ4n) is 1.49. The second kappa shape index (κ2) is 7.63. The molecule has 0 radical (unpaired) electrons. The van der Waals surface area contributed by atoms with E-state index in [4.69, 9.17) is 14.7 Å². The summed E-state index contributed by atoms with van der Waals surface area (Å²) in [4.78, 5) is 11.3.